The SMILES string of the molecule is CC1(c2cc(NC(=O)Nc3ccc(-c4ccc(N)nc4)cc3)no2)CC1. The number of anilines is 3. The lowest BCUT2D eigenvalue weighted by molar-refractivity contribution is 0.262. The first kappa shape index (κ1) is 16.1. The maximum Gasteiger partial charge on any atom is 0.324 e. The molecule has 1 aliphatic rings. The van der Waals surface area contributed by atoms with Gasteiger partial charge in [-0.25, -0.2) is 9.78 Å². The summed E-state index contributed by atoms with van der Waals surface area (Å²) < 4.78 is 5.31. The number of carbonyl (C=O) groups excluding carboxylic acids is 1. The highest BCUT2D eigenvalue weighted by Gasteiger charge is 2.42. The summed E-state index contributed by atoms with van der Waals surface area (Å²) in [5, 5.41) is 9.36. The number of nitrogens with one attached hydrogen (secondary N) is 2. The Hall–Kier alpha value is -3.35. The fourth-order valence-corrected chi connectivity index (χ4v) is 2.65. The Morgan fingerprint density at radius 1 is 1.12 bits per heavy atom. The second kappa shape index (κ2) is 6.18. The third-order valence-electron chi connectivity index (χ3n) is 4.61. The Morgan fingerprint density at radius 2 is 1.85 bits per heavy atom. The van der Waals surface area contributed by atoms with Crippen LogP contribution in [0.25, 0.3) is 11.1 Å². The number of hydrogen-bond donors (Lipinski definition) is 3. The molecule has 0 saturated heterocycles. The van der Waals surface area contributed by atoms with Gasteiger partial charge < -0.3 is 15.6 Å². The van der Waals surface area contributed by atoms with Crippen molar-refractivity contribution in [2.45, 2.75) is 25.2 Å². The molecule has 7 nitrogen and oxygen atoms in total. The second-order valence-corrected chi connectivity index (χ2v) is 6.77. The van der Waals surface area contributed by atoms with Crippen molar-refractivity contribution in [2.75, 3.05) is 16.4 Å². The van der Waals surface area contributed by atoms with E-state index in [0.29, 0.717) is 17.3 Å². The van der Waals surface area contributed by atoms with Crippen molar-refractivity contribution in [3.63, 3.8) is 0 Å². The van der Waals surface area contributed by atoms with Gasteiger partial charge >= 0.3 is 6.03 Å². The Kier molecular flexibility index (Phi) is 3.84. The van der Waals surface area contributed by atoms with Crippen molar-refractivity contribution >= 4 is 23.4 Å². The standard InChI is InChI=1S/C19H19N5O2/c1-19(8-9-19)15-10-17(24-26-15)23-18(25)22-14-5-2-12(3-6-14)13-4-7-16(20)21-11-13/h2-7,10-11H,8-9H2,1H3,(H2,20,21)(H2,22,23,24,25). The zero-order chi connectivity index (χ0) is 18.1. The van der Waals surface area contributed by atoms with E-state index in [4.69, 9.17) is 10.3 Å². The van der Waals surface area contributed by atoms with E-state index in [1.165, 1.54) is 0 Å². The number of aromatic nitrogens is 2. The molecule has 2 amide bonds. The fourth-order valence-electron chi connectivity index (χ4n) is 2.65. The van der Waals surface area contributed by atoms with Crippen LogP contribution in [-0.4, -0.2) is 16.2 Å². The molecule has 0 radical (unpaired) electrons. The zero-order valence-electron chi connectivity index (χ0n) is 14.3. The molecular weight excluding hydrogens is 330 g/mol. The lowest BCUT2D eigenvalue weighted by Gasteiger charge is -2.07. The first-order valence-electron chi connectivity index (χ1n) is 8.39. The van der Waals surface area contributed by atoms with Crippen LogP contribution < -0.4 is 16.4 Å². The van der Waals surface area contributed by atoms with Gasteiger partial charge in [0.15, 0.2) is 5.82 Å². The van der Waals surface area contributed by atoms with Crippen LogP contribution in [-0.2, 0) is 5.41 Å². The van der Waals surface area contributed by atoms with Gasteiger partial charge in [-0.05, 0) is 42.7 Å². The van der Waals surface area contributed by atoms with E-state index < -0.39 is 0 Å². The number of urea groups is 1. The molecular formula is C19H19N5O2. The Labute approximate surface area is 150 Å². The molecule has 0 spiro atoms. The topological polar surface area (TPSA) is 106 Å². The van der Waals surface area contributed by atoms with Crippen LogP contribution in [0.15, 0.2) is 53.2 Å². The number of nitrogens with zero attached hydrogens (tertiary/aromatic N) is 2. The van der Waals surface area contributed by atoms with E-state index in [0.717, 1.165) is 29.7 Å². The molecule has 1 aromatic carbocycles. The van der Waals surface area contributed by atoms with Crippen LogP contribution in [0.4, 0.5) is 22.1 Å². The highest BCUT2D eigenvalue weighted by molar-refractivity contribution is 5.99. The molecule has 1 fully saturated rings. The average molecular weight is 349 g/mol. The van der Waals surface area contributed by atoms with Crippen molar-refractivity contribution < 1.29 is 9.32 Å². The largest absolute Gasteiger partial charge is 0.384 e. The maximum absolute atomic E-state index is 12.1. The molecule has 2 heterocycles. The predicted molar refractivity (Wildman–Crippen MR) is 99.8 cm³/mol. The minimum atomic E-state index is -0.368. The number of nitrogens with two attached hydrogens (primary N) is 1. The molecule has 3 aromatic rings. The second-order valence-electron chi connectivity index (χ2n) is 6.77. The van der Waals surface area contributed by atoms with Crippen molar-refractivity contribution in [1.29, 1.82) is 0 Å². The van der Waals surface area contributed by atoms with E-state index in [2.05, 4.69) is 27.7 Å². The van der Waals surface area contributed by atoms with Crippen LogP contribution in [0, 0.1) is 0 Å². The molecule has 4 N–H and O–H groups in total. The van der Waals surface area contributed by atoms with Gasteiger partial charge in [0.25, 0.3) is 0 Å². The van der Waals surface area contributed by atoms with Gasteiger partial charge in [0.05, 0.1) is 0 Å². The number of rotatable bonds is 4. The highest BCUT2D eigenvalue weighted by atomic mass is 16.5. The summed E-state index contributed by atoms with van der Waals surface area (Å²) in [7, 11) is 0. The molecule has 0 atom stereocenters. The minimum Gasteiger partial charge on any atom is -0.384 e. The first-order valence-corrected chi connectivity index (χ1v) is 8.39. The van der Waals surface area contributed by atoms with E-state index in [9.17, 15) is 4.79 Å². The lowest BCUT2D eigenvalue weighted by Crippen LogP contribution is -2.19. The van der Waals surface area contributed by atoms with Gasteiger partial charge in [0.1, 0.15) is 11.6 Å². The number of hydrogen-bond acceptors (Lipinski definition) is 5. The van der Waals surface area contributed by atoms with E-state index in [1.807, 2.05) is 30.3 Å². The quantitative estimate of drug-likeness (QED) is 0.660. The minimum absolute atomic E-state index is 0.0796. The molecule has 7 heteroatoms. The summed E-state index contributed by atoms with van der Waals surface area (Å²) in [5.74, 6) is 1.71. The van der Waals surface area contributed by atoms with Crippen LogP contribution in [0.2, 0.25) is 0 Å². The number of pyridine rings is 1. The van der Waals surface area contributed by atoms with E-state index in [-0.39, 0.29) is 11.4 Å². The highest BCUT2D eigenvalue weighted by Crippen LogP contribution is 2.48. The third-order valence-corrected chi connectivity index (χ3v) is 4.61. The van der Waals surface area contributed by atoms with Crippen LogP contribution >= 0.6 is 0 Å². The molecule has 1 saturated carbocycles. The number of benzene rings is 1. The predicted octanol–water partition coefficient (Wildman–Crippen LogP) is 4.01. The molecule has 0 unspecified atom stereocenters. The van der Waals surface area contributed by atoms with Gasteiger partial charge in [-0.15, -0.1) is 0 Å². The zero-order valence-corrected chi connectivity index (χ0v) is 14.3. The number of carbonyl (C=O) groups is 1. The van der Waals surface area contributed by atoms with Crippen molar-refractivity contribution in [3.05, 3.63) is 54.4 Å². The first-order chi connectivity index (χ1) is 12.5. The average Bonchev–Trinajstić information content (AvgIpc) is 3.20. The van der Waals surface area contributed by atoms with Crippen molar-refractivity contribution in [1.82, 2.24) is 10.1 Å². The van der Waals surface area contributed by atoms with Gasteiger partial charge in [0, 0.05) is 28.9 Å². The van der Waals surface area contributed by atoms with Gasteiger partial charge in [-0.2, -0.15) is 0 Å². The van der Waals surface area contributed by atoms with Gasteiger partial charge in [0.2, 0.25) is 0 Å². The summed E-state index contributed by atoms with van der Waals surface area (Å²) in [5.41, 5.74) is 8.30. The summed E-state index contributed by atoms with van der Waals surface area (Å²) in [6.07, 6.45) is 3.89. The van der Waals surface area contributed by atoms with Crippen LogP contribution in [0.3, 0.4) is 0 Å². The van der Waals surface area contributed by atoms with E-state index in [1.54, 1.807) is 18.3 Å². The summed E-state index contributed by atoms with van der Waals surface area (Å²) in [6, 6.07) is 12.5. The summed E-state index contributed by atoms with van der Waals surface area (Å²) in [6.45, 7) is 2.12. The number of nitrogen functional groups attached to an aromatic ring is 1. The molecule has 4 rings (SSSR count). The molecule has 132 valence electrons. The molecule has 0 bridgehead atoms. The smallest absolute Gasteiger partial charge is 0.324 e. The Morgan fingerprint density at radius 3 is 2.50 bits per heavy atom. The fraction of sp³-hybridized carbons (Fsp3) is 0.211. The lowest BCUT2D eigenvalue weighted by atomic mass is 10.1. The van der Waals surface area contributed by atoms with Gasteiger partial charge in [-0.3, -0.25) is 5.32 Å². The third kappa shape index (κ3) is 3.37. The van der Waals surface area contributed by atoms with Crippen molar-refractivity contribution in [2.24, 2.45) is 0 Å². The molecule has 2 aromatic heterocycles. The van der Waals surface area contributed by atoms with Crippen molar-refractivity contribution in [3.8, 4) is 11.1 Å². The van der Waals surface area contributed by atoms with E-state index >= 15 is 0 Å². The Balaban J connectivity index is 1.38. The molecule has 0 aliphatic heterocycles. The van der Waals surface area contributed by atoms with Crippen LogP contribution in [0.5, 0.6) is 0 Å². The molecule has 1 aliphatic carbocycles. The summed E-state index contributed by atoms with van der Waals surface area (Å²) in [4.78, 5) is 16.2. The van der Waals surface area contributed by atoms with Gasteiger partial charge in [-0.1, -0.05) is 24.2 Å². The van der Waals surface area contributed by atoms with Crippen LogP contribution in [0.1, 0.15) is 25.5 Å². The maximum atomic E-state index is 12.1. The number of amides is 2. The molecule has 26 heavy (non-hydrogen) atoms. The monoisotopic (exact) mass is 349 g/mol. The normalized spacial score (nSPS) is 14.7. The summed E-state index contributed by atoms with van der Waals surface area (Å²) >= 11 is 0. The Bertz CT molecular complexity index is 927.